The van der Waals surface area contributed by atoms with Gasteiger partial charge in [0, 0.05) is 17.0 Å². The molecule has 9 heteroatoms. The molecule has 2 N–H and O–H groups in total. The van der Waals surface area contributed by atoms with Crippen LogP contribution in [0.3, 0.4) is 0 Å². The molecule has 0 radical (unpaired) electrons. The van der Waals surface area contributed by atoms with Crippen LogP contribution in [0.5, 0.6) is 0 Å². The summed E-state index contributed by atoms with van der Waals surface area (Å²) in [5, 5.41) is 18.8. The lowest BCUT2D eigenvalue weighted by molar-refractivity contribution is -0.138. The van der Waals surface area contributed by atoms with Crippen molar-refractivity contribution in [2.24, 2.45) is 11.8 Å². The highest BCUT2D eigenvalue weighted by atomic mass is 35.5. The van der Waals surface area contributed by atoms with Crippen LogP contribution in [0.1, 0.15) is 36.8 Å². The number of aliphatic hydroxyl groups is 1. The van der Waals surface area contributed by atoms with Gasteiger partial charge in [-0.2, -0.15) is 24.9 Å². The third kappa shape index (κ3) is 8.00. The number of carboxylic acids is 1. The number of aliphatic hydroxyl groups excluding tert-OH is 1. The minimum Gasteiger partial charge on any atom is -0.481 e. The van der Waals surface area contributed by atoms with Crippen LogP contribution >= 0.6 is 23.4 Å². The van der Waals surface area contributed by atoms with E-state index in [1.165, 1.54) is 6.07 Å². The highest BCUT2D eigenvalue weighted by Crippen LogP contribution is 2.39. The summed E-state index contributed by atoms with van der Waals surface area (Å²) in [7, 11) is 0. The molecule has 2 rings (SSSR count). The molecule has 1 aromatic carbocycles. The van der Waals surface area contributed by atoms with Crippen LogP contribution in [0.25, 0.3) is 0 Å². The van der Waals surface area contributed by atoms with Crippen LogP contribution in [0.15, 0.2) is 24.3 Å². The molecule has 0 bridgehead atoms. The highest BCUT2D eigenvalue weighted by molar-refractivity contribution is 7.99. The fourth-order valence-electron chi connectivity index (χ4n) is 3.60. The van der Waals surface area contributed by atoms with Gasteiger partial charge in [-0.25, -0.2) is 0 Å². The topological polar surface area (TPSA) is 66.8 Å². The summed E-state index contributed by atoms with van der Waals surface area (Å²) in [6.07, 6.45) is -2.73. The van der Waals surface area contributed by atoms with Crippen molar-refractivity contribution in [2.75, 3.05) is 18.1 Å². The molecule has 29 heavy (non-hydrogen) atoms. The van der Waals surface area contributed by atoms with E-state index in [-0.39, 0.29) is 36.8 Å². The van der Waals surface area contributed by atoms with E-state index in [2.05, 4.69) is 0 Å². The van der Waals surface area contributed by atoms with Gasteiger partial charge in [-0.1, -0.05) is 12.1 Å². The smallest absolute Gasteiger partial charge is 0.416 e. The molecule has 1 aliphatic carbocycles. The number of thioether (sulfide) groups is 1. The lowest BCUT2D eigenvalue weighted by Crippen LogP contribution is -2.26. The van der Waals surface area contributed by atoms with Crippen molar-refractivity contribution in [3.8, 4) is 0 Å². The lowest BCUT2D eigenvalue weighted by atomic mass is 9.91. The van der Waals surface area contributed by atoms with E-state index < -0.39 is 23.8 Å². The maximum atomic E-state index is 12.8. The van der Waals surface area contributed by atoms with Crippen molar-refractivity contribution in [1.82, 2.24) is 0 Å². The first-order valence-corrected chi connectivity index (χ1v) is 11.1. The van der Waals surface area contributed by atoms with E-state index in [4.69, 9.17) is 21.4 Å². The van der Waals surface area contributed by atoms with Crippen LogP contribution in [0, 0.1) is 11.8 Å². The van der Waals surface area contributed by atoms with Crippen LogP contribution < -0.4 is 0 Å². The third-order valence-electron chi connectivity index (χ3n) is 5.10. The van der Waals surface area contributed by atoms with Crippen LogP contribution in [0.4, 0.5) is 13.2 Å². The van der Waals surface area contributed by atoms with E-state index >= 15 is 0 Å². The number of hydrogen-bond donors (Lipinski definition) is 2. The fraction of sp³-hybridized carbons (Fsp3) is 0.650. The molecule has 1 saturated carbocycles. The Morgan fingerprint density at radius 1 is 1.28 bits per heavy atom. The molecule has 0 aliphatic heterocycles. The summed E-state index contributed by atoms with van der Waals surface area (Å²) in [5.74, 6) is 0.480. The van der Waals surface area contributed by atoms with Gasteiger partial charge in [0.2, 0.25) is 0 Å². The van der Waals surface area contributed by atoms with Gasteiger partial charge in [-0.05, 0) is 48.6 Å². The molecule has 164 valence electrons. The molecule has 4 nitrogen and oxygen atoms in total. The maximum Gasteiger partial charge on any atom is 0.416 e. The number of rotatable bonds is 11. The van der Waals surface area contributed by atoms with E-state index in [0.717, 1.165) is 30.7 Å². The van der Waals surface area contributed by atoms with E-state index in [9.17, 15) is 23.1 Å². The number of carboxylic acid groups (broad SMARTS) is 1. The van der Waals surface area contributed by atoms with E-state index in [1.54, 1.807) is 17.8 Å². The van der Waals surface area contributed by atoms with Gasteiger partial charge in [0.05, 0.1) is 31.3 Å². The largest absolute Gasteiger partial charge is 0.481 e. The van der Waals surface area contributed by atoms with Crippen LogP contribution in [-0.2, 0) is 22.3 Å². The number of benzene rings is 1. The van der Waals surface area contributed by atoms with Gasteiger partial charge in [-0.3, -0.25) is 4.79 Å². The molecule has 1 aliphatic rings. The number of ether oxygens (including phenoxy) is 1. The zero-order chi connectivity index (χ0) is 21.4. The van der Waals surface area contributed by atoms with Gasteiger partial charge in [0.1, 0.15) is 0 Å². The Balaban J connectivity index is 1.79. The predicted molar refractivity (Wildman–Crippen MR) is 107 cm³/mol. The Kier molecular flexibility index (Phi) is 9.59. The maximum absolute atomic E-state index is 12.8. The summed E-state index contributed by atoms with van der Waals surface area (Å²) < 4.78 is 44.0. The Morgan fingerprint density at radius 3 is 2.72 bits per heavy atom. The quantitative estimate of drug-likeness (QED) is 0.371. The van der Waals surface area contributed by atoms with E-state index in [1.807, 2.05) is 0 Å². The molecule has 0 spiro atoms. The molecule has 0 aromatic heterocycles. The Bertz CT molecular complexity index is 659. The second-order valence-electron chi connectivity index (χ2n) is 7.26. The number of alkyl halides is 4. The Labute approximate surface area is 177 Å². The summed E-state index contributed by atoms with van der Waals surface area (Å²) in [6, 6.07) is 5.02. The highest BCUT2D eigenvalue weighted by Gasteiger charge is 2.41. The normalized spacial score (nSPS) is 24.7. The van der Waals surface area contributed by atoms with Crippen LogP contribution in [0.2, 0.25) is 0 Å². The first kappa shape index (κ1) is 24.3. The average Bonchev–Trinajstić information content (AvgIpc) is 2.90. The van der Waals surface area contributed by atoms with Crippen molar-refractivity contribution in [2.45, 2.75) is 49.9 Å². The van der Waals surface area contributed by atoms with Crippen molar-refractivity contribution in [1.29, 1.82) is 0 Å². The Morgan fingerprint density at radius 2 is 2.03 bits per heavy atom. The van der Waals surface area contributed by atoms with Gasteiger partial charge < -0.3 is 14.9 Å². The second kappa shape index (κ2) is 11.4. The van der Waals surface area contributed by atoms with Crippen molar-refractivity contribution in [3.63, 3.8) is 0 Å². The summed E-state index contributed by atoms with van der Waals surface area (Å²) in [6.45, 7) is 0.273. The summed E-state index contributed by atoms with van der Waals surface area (Å²) >= 11 is 7.97. The molecule has 0 saturated heterocycles. The average molecular weight is 455 g/mol. The standard InChI is InChI=1S/C20H26ClF3O4S/c21-17-10-18(25)16(15(17)5-2-7-29-8-6-19(26)27)12-28-11-13-3-1-4-14(9-13)20(22,23)24/h1,3-4,9,15-18,25H,2,5-8,10-12H2,(H,26,27)/t15-,16-,17-,18-/m1/s1. The SMILES string of the molecule is O=C(O)CCSCCC[C@@H]1[C@@H](COCc2cccc(C(F)(F)F)c2)[C@H](O)C[C@H]1Cl. The summed E-state index contributed by atoms with van der Waals surface area (Å²) in [4.78, 5) is 10.5. The van der Waals surface area contributed by atoms with Gasteiger partial charge >= 0.3 is 12.1 Å². The van der Waals surface area contributed by atoms with Gasteiger partial charge in [-0.15, -0.1) is 11.6 Å². The fourth-order valence-corrected chi connectivity index (χ4v) is 4.99. The molecule has 0 heterocycles. The van der Waals surface area contributed by atoms with E-state index in [0.29, 0.717) is 17.7 Å². The molecular formula is C20H26ClF3O4S. The van der Waals surface area contributed by atoms with Crippen molar-refractivity contribution in [3.05, 3.63) is 35.4 Å². The van der Waals surface area contributed by atoms with Gasteiger partial charge in [0.15, 0.2) is 0 Å². The third-order valence-corrected chi connectivity index (χ3v) is 6.67. The summed E-state index contributed by atoms with van der Waals surface area (Å²) in [5.41, 5.74) is -0.278. The lowest BCUT2D eigenvalue weighted by Gasteiger charge is -2.23. The van der Waals surface area contributed by atoms with Crippen molar-refractivity contribution >= 4 is 29.3 Å². The van der Waals surface area contributed by atoms with Crippen LogP contribution in [-0.4, -0.2) is 45.8 Å². The number of carbonyl (C=O) groups is 1. The first-order chi connectivity index (χ1) is 13.7. The molecule has 4 atom stereocenters. The molecular weight excluding hydrogens is 429 g/mol. The number of aliphatic carboxylic acids is 1. The number of halogens is 4. The zero-order valence-corrected chi connectivity index (χ0v) is 17.5. The molecule has 0 amide bonds. The Hall–Kier alpha value is -0.960. The van der Waals surface area contributed by atoms with Gasteiger partial charge in [0.25, 0.3) is 0 Å². The van der Waals surface area contributed by atoms with Crippen molar-refractivity contribution < 1.29 is 32.9 Å². The molecule has 1 aromatic rings. The first-order valence-electron chi connectivity index (χ1n) is 9.54. The second-order valence-corrected chi connectivity index (χ2v) is 9.04. The predicted octanol–water partition coefficient (Wildman–Crippen LogP) is 4.81. The minimum atomic E-state index is -4.39. The minimum absolute atomic E-state index is 0.0395. The number of hydrogen-bond acceptors (Lipinski definition) is 4. The monoisotopic (exact) mass is 454 g/mol. The molecule has 0 unspecified atom stereocenters. The zero-order valence-electron chi connectivity index (χ0n) is 15.9. The molecule has 1 fully saturated rings.